The summed E-state index contributed by atoms with van der Waals surface area (Å²) in [7, 11) is 1.29. The van der Waals surface area contributed by atoms with Gasteiger partial charge in [-0.05, 0) is 38.8 Å². The summed E-state index contributed by atoms with van der Waals surface area (Å²) in [6.07, 6.45) is 0.730. The number of aromatic amines is 1. The minimum Gasteiger partial charge on any atom is -0.469 e. The molecule has 0 atom stereocenters. The van der Waals surface area contributed by atoms with E-state index in [9.17, 15) is 19.2 Å². The second-order valence-electron chi connectivity index (χ2n) is 6.48. The van der Waals surface area contributed by atoms with Crippen LogP contribution < -0.4 is 11.2 Å². The molecule has 0 radical (unpaired) electrons. The van der Waals surface area contributed by atoms with E-state index in [2.05, 4.69) is 9.72 Å². The third-order valence-corrected chi connectivity index (χ3v) is 4.34. The van der Waals surface area contributed by atoms with E-state index < -0.39 is 17.2 Å². The van der Waals surface area contributed by atoms with Crippen molar-refractivity contribution in [1.82, 2.24) is 9.55 Å². The van der Waals surface area contributed by atoms with Crippen molar-refractivity contribution in [2.24, 2.45) is 0 Å². The van der Waals surface area contributed by atoms with Gasteiger partial charge in [0.15, 0.2) is 0 Å². The molecule has 1 N–H and O–H groups in total. The van der Waals surface area contributed by atoms with E-state index in [-0.39, 0.29) is 30.0 Å². The Morgan fingerprint density at radius 1 is 1.11 bits per heavy atom. The van der Waals surface area contributed by atoms with Gasteiger partial charge in [-0.2, -0.15) is 0 Å². The van der Waals surface area contributed by atoms with Gasteiger partial charge in [0.2, 0.25) is 5.78 Å². The first-order valence-electron chi connectivity index (χ1n) is 8.84. The summed E-state index contributed by atoms with van der Waals surface area (Å²) in [4.78, 5) is 51.4. The Bertz CT molecular complexity index is 965. The fourth-order valence-electron chi connectivity index (χ4n) is 3.14. The first-order valence-corrected chi connectivity index (χ1v) is 8.84. The number of hydrogen-bond donors (Lipinski definition) is 1. The van der Waals surface area contributed by atoms with E-state index in [1.165, 1.54) is 11.7 Å². The fraction of sp³-hybridized carbons (Fsp3) is 0.400. The van der Waals surface area contributed by atoms with Crippen LogP contribution in [0.5, 0.6) is 0 Å². The topological polar surface area (TPSA) is 98.2 Å². The standard InChI is InChI=1S/C20H24N2O5/c1-5-15-17(18(24)14-10-12(2)9-13(3)11-14)22(20(26)21-19(15)25)8-6-7-16(23)27-4/h9-11H,5-8H2,1-4H3,(H,21,25,26). The highest BCUT2D eigenvalue weighted by Gasteiger charge is 2.22. The highest BCUT2D eigenvalue weighted by atomic mass is 16.5. The lowest BCUT2D eigenvalue weighted by Gasteiger charge is -2.15. The van der Waals surface area contributed by atoms with Crippen molar-refractivity contribution in [3.05, 3.63) is 67.0 Å². The molecule has 2 rings (SSSR count). The summed E-state index contributed by atoms with van der Waals surface area (Å²) in [5, 5.41) is 0. The molecule has 27 heavy (non-hydrogen) atoms. The Kier molecular flexibility index (Phi) is 6.50. The molecule has 0 unspecified atom stereocenters. The van der Waals surface area contributed by atoms with E-state index in [0.717, 1.165) is 11.1 Å². The molecule has 1 heterocycles. The quantitative estimate of drug-likeness (QED) is 0.591. The predicted octanol–water partition coefficient (Wildman–Crippen LogP) is 1.90. The smallest absolute Gasteiger partial charge is 0.328 e. The Hall–Kier alpha value is -2.96. The normalized spacial score (nSPS) is 10.7. The molecule has 0 saturated carbocycles. The number of esters is 1. The van der Waals surface area contributed by atoms with Crippen molar-refractivity contribution in [2.45, 2.75) is 46.6 Å². The number of ketones is 1. The molecule has 0 saturated heterocycles. The van der Waals surface area contributed by atoms with Gasteiger partial charge < -0.3 is 4.74 Å². The summed E-state index contributed by atoms with van der Waals surface area (Å²) < 4.78 is 5.86. The first-order chi connectivity index (χ1) is 12.8. The third kappa shape index (κ3) is 4.61. The number of methoxy groups -OCH3 is 1. The van der Waals surface area contributed by atoms with Crippen LogP contribution in [0.4, 0.5) is 0 Å². The molecule has 144 valence electrons. The van der Waals surface area contributed by atoms with Crippen molar-refractivity contribution in [1.29, 1.82) is 0 Å². The van der Waals surface area contributed by atoms with Gasteiger partial charge in [-0.1, -0.05) is 24.1 Å². The summed E-state index contributed by atoms with van der Waals surface area (Å²) >= 11 is 0. The summed E-state index contributed by atoms with van der Waals surface area (Å²) in [6.45, 7) is 5.65. The van der Waals surface area contributed by atoms with Gasteiger partial charge in [0.1, 0.15) is 5.69 Å². The second-order valence-corrected chi connectivity index (χ2v) is 6.48. The SMILES string of the molecule is CCc1c(C(=O)c2cc(C)cc(C)c2)n(CCCC(=O)OC)c(=O)[nH]c1=O. The number of carbonyl (C=O) groups excluding carboxylic acids is 2. The molecule has 0 amide bonds. The molecular weight excluding hydrogens is 348 g/mol. The summed E-state index contributed by atoms with van der Waals surface area (Å²) in [5.74, 6) is -0.773. The Labute approximate surface area is 157 Å². The van der Waals surface area contributed by atoms with Crippen LogP contribution in [0, 0.1) is 13.8 Å². The van der Waals surface area contributed by atoms with Crippen LogP contribution in [0.15, 0.2) is 27.8 Å². The molecule has 2 aromatic rings. The molecule has 0 aliphatic carbocycles. The van der Waals surface area contributed by atoms with Gasteiger partial charge in [0.25, 0.3) is 5.56 Å². The zero-order valence-corrected chi connectivity index (χ0v) is 16.0. The molecule has 0 spiro atoms. The van der Waals surface area contributed by atoms with Crippen LogP contribution >= 0.6 is 0 Å². The Morgan fingerprint density at radius 2 is 1.74 bits per heavy atom. The minimum absolute atomic E-state index is 0.0844. The van der Waals surface area contributed by atoms with Gasteiger partial charge in [-0.3, -0.25) is 23.9 Å². The Balaban J connectivity index is 2.57. The van der Waals surface area contributed by atoms with Gasteiger partial charge in [0.05, 0.1) is 7.11 Å². The van der Waals surface area contributed by atoms with E-state index >= 15 is 0 Å². The summed E-state index contributed by atoms with van der Waals surface area (Å²) in [6, 6.07) is 5.41. The van der Waals surface area contributed by atoms with Gasteiger partial charge in [-0.25, -0.2) is 4.79 Å². The molecule has 1 aromatic carbocycles. The molecule has 7 heteroatoms. The van der Waals surface area contributed by atoms with E-state index in [1.807, 2.05) is 19.9 Å². The third-order valence-electron chi connectivity index (χ3n) is 4.34. The van der Waals surface area contributed by atoms with Crippen LogP contribution in [-0.2, 0) is 22.5 Å². The number of benzene rings is 1. The number of ether oxygens (including phenoxy) is 1. The number of hydrogen-bond acceptors (Lipinski definition) is 5. The van der Waals surface area contributed by atoms with Crippen LogP contribution in [0.3, 0.4) is 0 Å². The molecule has 0 aliphatic rings. The van der Waals surface area contributed by atoms with Crippen molar-refractivity contribution in [3.8, 4) is 0 Å². The lowest BCUT2D eigenvalue weighted by molar-refractivity contribution is -0.140. The maximum absolute atomic E-state index is 13.2. The second kappa shape index (κ2) is 8.62. The zero-order valence-electron chi connectivity index (χ0n) is 16.0. The first kappa shape index (κ1) is 20.4. The molecule has 1 aromatic heterocycles. The molecule has 7 nitrogen and oxygen atoms in total. The highest BCUT2D eigenvalue weighted by molar-refractivity contribution is 6.09. The zero-order chi connectivity index (χ0) is 20.1. The van der Waals surface area contributed by atoms with Crippen molar-refractivity contribution < 1.29 is 14.3 Å². The van der Waals surface area contributed by atoms with Crippen LogP contribution in [0.1, 0.15) is 52.5 Å². The number of carbonyl (C=O) groups is 2. The fourth-order valence-corrected chi connectivity index (χ4v) is 3.14. The highest BCUT2D eigenvalue weighted by Crippen LogP contribution is 2.16. The lowest BCUT2D eigenvalue weighted by atomic mass is 9.99. The van der Waals surface area contributed by atoms with E-state index in [4.69, 9.17) is 0 Å². The van der Waals surface area contributed by atoms with Crippen molar-refractivity contribution in [3.63, 3.8) is 0 Å². The van der Waals surface area contributed by atoms with Crippen molar-refractivity contribution >= 4 is 11.8 Å². The van der Waals surface area contributed by atoms with E-state index in [0.29, 0.717) is 18.4 Å². The average Bonchev–Trinajstić information content (AvgIpc) is 2.61. The maximum atomic E-state index is 13.2. The molecule has 0 bridgehead atoms. The number of aryl methyl sites for hydroxylation is 2. The monoisotopic (exact) mass is 372 g/mol. The van der Waals surface area contributed by atoms with Gasteiger partial charge >= 0.3 is 11.7 Å². The number of nitrogens with zero attached hydrogens (tertiary/aromatic N) is 1. The molecule has 0 fully saturated rings. The number of nitrogens with one attached hydrogen (secondary N) is 1. The predicted molar refractivity (Wildman–Crippen MR) is 101 cm³/mol. The molecular formula is C20H24N2O5. The van der Waals surface area contributed by atoms with Crippen LogP contribution in [-0.4, -0.2) is 28.4 Å². The van der Waals surface area contributed by atoms with Crippen LogP contribution in [0.2, 0.25) is 0 Å². The van der Waals surface area contributed by atoms with E-state index in [1.54, 1.807) is 19.1 Å². The largest absolute Gasteiger partial charge is 0.469 e. The summed E-state index contributed by atoms with van der Waals surface area (Å²) in [5.41, 5.74) is 1.39. The molecule has 0 aliphatic heterocycles. The van der Waals surface area contributed by atoms with Crippen LogP contribution in [0.25, 0.3) is 0 Å². The van der Waals surface area contributed by atoms with Crippen molar-refractivity contribution in [2.75, 3.05) is 7.11 Å². The Morgan fingerprint density at radius 3 is 2.30 bits per heavy atom. The maximum Gasteiger partial charge on any atom is 0.328 e. The van der Waals surface area contributed by atoms with Gasteiger partial charge in [-0.15, -0.1) is 0 Å². The minimum atomic E-state index is -0.658. The number of rotatable bonds is 7. The number of aromatic nitrogens is 2. The lowest BCUT2D eigenvalue weighted by Crippen LogP contribution is -2.37. The van der Waals surface area contributed by atoms with Gasteiger partial charge in [0, 0.05) is 24.1 Å². The number of H-pyrrole nitrogens is 1. The average molecular weight is 372 g/mol.